The number of amides is 2. The van der Waals surface area contributed by atoms with Gasteiger partial charge in [-0.2, -0.15) is 13.2 Å². The third-order valence-corrected chi connectivity index (χ3v) is 4.97. The van der Waals surface area contributed by atoms with Crippen LogP contribution in [0.4, 0.5) is 13.2 Å². The molecule has 2 heterocycles. The summed E-state index contributed by atoms with van der Waals surface area (Å²) >= 11 is 1.61. The van der Waals surface area contributed by atoms with E-state index in [1.54, 1.807) is 18.3 Å². The highest BCUT2D eigenvalue weighted by molar-refractivity contribution is 7.12. The molecule has 2 amide bonds. The molecule has 0 bridgehead atoms. The Kier molecular flexibility index (Phi) is 5.03. The predicted octanol–water partition coefficient (Wildman–Crippen LogP) is 3.00. The molecule has 0 aliphatic carbocycles. The Bertz CT molecular complexity index is 612. The standard InChI is InChI=1S/C15H19F3N2O2S/c1-7-6-11(9(3)23-7)8(2)19-13(21)10-4-5-12(15(16,17)18)20-14(10)22/h6,8,10,12H,4-5H2,1-3H3,(H,19,21)(H,20,22). The van der Waals surface area contributed by atoms with Crippen molar-refractivity contribution in [3.05, 3.63) is 21.4 Å². The zero-order chi connectivity index (χ0) is 17.4. The van der Waals surface area contributed by atoms with Crippen molar-refractivity contribution in [1.29, 1.82) is 0 Å². The summed E-state index contributed by atoms with van der Waals surface area (Å²) in [6.07, 6.45) is -4.86. The first-order chi connectivity index (χ1) is 10.6. The smallest absolute Gasteiger partial charge is 0.349 e. The molecular weight excluding hydrogens is 329 g/mol. The molecule has 0 spiro atoms. The molecule has 1 aromatic rings. The number of hydrogen-bond donors (Lipinski definition) is 2. The van der Waals surface area contributed by atoms with Crippen molar-refractivity contribution < 1.29 is 22.8 Å². The lowest BCUT2D eigenvalue weighted by Gasteiger charge is -2.30. The topological polar surface area (TPSA) is 58.2 Å². The second-order valence-corrected chi connectivity index (χ2v) is 7.29. The number of hydrogen-bond acceptors (Lipinski definition) is 3. The van der Waals surface area contributed by atoms with Crippen LogP contribution >= 0.6 is 11.3 Å². The number of halogens is 3. The normalized spacial score (nSPS) is 23.3. The first kappa shape index (κ1) is 17.8. The minimum atomic E-state index is -4.48. The first-order valence-electron chi connectivity index (χ1n) is 7.34. The van der Waals surface area contributed by atoms with Gasteiger partial charge in [0, 0.05) is 9.75 Å². The quantitative estimate of drug-likeness (QED) is 0.825. The maximum atomic E-state index is 12.6. The molecule has 3 unspecified atom stereocenters. The summed E-state index contributed by atoms with van der Waals surface area (Å²) in [6, 6.07) is -0.190. The fraction of sp³-hybridized carbons (Fsp3) is 0.600. The Balaban J connectivity index is 1.99. The number of aryl methyl sites for hydroxylation is 2. The van der Waals surface area contributed by atoms with Gasteiger partial charge in [0.2, 0.25) is 11.8 Å². The first-order valence-corrected chi connectivity index (χ1v) is 8.15. The van der Waals surface area contributed by atoms with Gasteiger partial charge in [0.05, 0.1) is 6.04 Å². The van der Waals surface area contributed by atoms with Crippen molar-refractivity contribution in [2.75, 3.05) is 0 Å². The van der Waals surface area contributed by atoms with Crippen molar-refractivity contribution in [3.63, 3.8) is 0 Å². The van der Waals surface area contributed by atoms with Gasteiger partial charge >= 0.3 is 6.18 Å². The SMILES string of the molecule is Cc1cc(C(C)NC(=O)C2CCC(C(F)(F)F)NC2=O)c(C)s1. The van der Waals surface area contributed by atoms with E-state index in [-0.39, 0.29) is 18.9 Å². The van der Waals surface area contributed by atoms with Crippen LogP contribution in [0, 0.1) is 19.8 Å². The maximum absolute atomic E-state index is 12.6. The molecule has 0 aromatic carbocycles. The Morgan fingerprint density at radius 3 is 2.52 bits per heavy atom. The van der Waals surface area contributed by atoms with Crippen molar-refractivity contribution in [2.24, 2.45) is 5.92 Å². The third-order valence-electron chi connectivity index (χ3n) is 3.99. The Labute approximate surface area is 136 Å². The van der Waals surface area contributed by atoms with Crippen LogP contribution in [0.2, 0.25) is 0 Å². The molecule has 2 N–H and O–H groups in total. The van der Waals surface area contributed by atoms with Crippen LogP contribution in [-0.2, 0) is 9.59 Å². The third kappa shape index (κ3) is 4.04. The Hall–Kier alpha value is -1.57. The highest BCUT2D eigenvalue weighted by atomic mass is 32.1. The van der Waals surface area contributed by atoms with Crippen molar-refractivity contribution in [3.8, 4) is 0 Å². The molecule has 1 aromatic heterocycles. The van der Waals surface area contributed by atoms with E-state index in [9.17, 15) is 22.8 Å². The molecule has 0 saturated carbocycles. The number of thiophene rings is 1. The fourth-order valence-electron chi connectivity index (χ4n) is 2.78. The van der Waals surface area contributed by atoms with Crippen LogP contribution in [0.3, 0.4) is 0 Å². The predicted molar refractivity (Wildman–Crippen MR) is 81.1 cm³/mol. The van der Waals surface area contributed by atoms with Crippen LogP contribution in [0.25, 0.3) is 0 Å². The summed E-state index contributed by atoms with van der Waals surface area (Å²) in [5, 5.41) is 4.62. The van der Waals surface area contributed by atoms with Gasteiger partial charge in [-0.05, 0) is 45.2 Å². The highest BCUT2D eigenvalue weighted by Crippen LogP contribution is 2.30. The lowest BCUT2D eigenvalue weighted by molar-refractivity contribution is -0.171. The lowest BCUT2D eigenvalue weighted by Crippen LogP contribution is -2.54. The van der Waals surface area contributed by atoms with Crippen molar-refractivity contribution in [2.45, 2.75) is 51.9 Å². The summed E-state index contributed by atoms with van der Waals surface area (Å²) in [4.78, 5) is 26.2. The second-order valence-electron chi connectivity index (χ2n) is 5.83. The maximum Gasteiger partial charge on any atom is 0.408 e. The molecule has 1 aliphatic heterocycles. The number of piperidine rings is 1. The Morgan fingerprint density at radius 1 is 1.39 bits per heavy atom. The number of rotatable bonds is 3. The highest BCUT2D eigenvalue weighted by Gasteiger charge is 2.46. The Morgan fingerprint density at radius 2 is 2.04 bits per heavy atom. The molecule has 4 nitrogen and oxygen atoms in total. The molecule has 1 fully saturated rings. The van der Waals surface area contributed by atoms with E-state index >= 15 is 0 Å². The van der Waals surface area contributed by atoms with E-state index < -0.39 is 30.0 Å². The van der Waals surface area contributed by atoms with Crippen LogP contribution in [0.15, 0.2) is 6.07 Å². The second kappa shape index (κ2) is 6.51. The van der Waals surface area contributed by atoms with Crippen LogP contribution < -0.4 is 10.6 Å². The summed E-state index contributed by atoms with van der Waals surface area (Å²) < 4.78 is 37.8. The number of nitrogens with one attached hydrogen (secondary N) is 2. The van der Waals surface area contributed by atoms with Gasteiger partial charge in [0.15, 0.2) is 0 Å². The molecule has 23 heavy (non-hydrogen) atoms. The summed E-state index contributed by atoms with van der Waals surface area (Å²) in [5.41, 5.74) is 0.963. The molecule has 2 rings (SSSR count). The molecule has 1 saturated heterocycles. The largest absolute Gasteiger partial charge is 0.408 e. The molecule has 0 radical (unpaired) electrons. The summed E-state index contributed by atoms with van der Waals surface area (Å²) in [5.74, 6) is -2.46. The monoisotopic (exact) mass is 348 g/mol. The van der Waals surface area contributed by atoms with Gasteiger partial charge < -0.3 is 10.6 Å². The fourth-order valence-corrected chi connectivity index (χ4v) is 3.80. The minimum Gasteiger partial charge on any atom is -0.349 e. The van der Waals surface area contributed by atoms with E-state index in [2.05, 4.69) is 5.32 Å². The average Bonchev–Trinajstić information content (AvgIpc) is 2.76. The molecule has 3 atom stereocenters. The van der Waals surface area contributed by atoms with Crippen molar-refractivity contribution in [1.82, 2.24) is 10.6 Å². The van der Waals surface area contributed by atoms with Gasteiger partial charge in [-0.3, -0.25) is 9.59 Å². The molecule has 1 aliphatic rings. The molecule has 128 valence electrons. The van der Waals surface area contributed by atoms with E-state index in [4.69, 9.17) is 0 Å². The number of carbonyl (C=O) groups is 2. The zero-order valence-corrected chi connectivity index (χ0v) is 13.9. The zero-order valence-electron chi connectivity index (χ0n) is 13.1. The van der Waals surface area contributed by atoms with Crippen LogP contribution in [0.5, 0.6) is 0 Å². The lowest BCUT2D eigenvalue weighted by atomic mass is 9.92. The number of alkyl halides is 3. The van der Waals surface area contributed by atoms with E-state index in [0.29, 0.717) is 0 Å². The molecular formula is C15H19F3N2O2S. The van der Waals surface area contributed by atoms with Crippen LogP contribution in [0.1, 0.15) is 41.1 Å². The van der Waals surface area contributed by atoms with Gasteiger partial charge in [-0.15, -0.1) is 11.3 Å². The van der Waals surface area contributed by atoms with E-state index in [1.165, 1.54) is 0 Å². The summed E-state index contributed by atoms with van der Waals surface area (Å²) in [7, 11) is 0. The summed E-state index contributed by atoms with van der Waals surface area (Å²) in [6.45, 7) is 5.70. The molecule has 8 heteroatoms. The van der Waals surface area contributed by atoms with E-state index in [1.807, 2.05) is 25.2 Å². The average molecular weight is 348 g/mol. The minimum absolute atomic E-state index is 0.101. The number of carbonyl (C=O) groups excluding carboxylic acids is 2. The van der Waals surface area contributed by atoms with Gasteiger partial charge in [0.1, 0.15) is 12.0 Å². The van der Waals surface area contributed by atoms with Gasteiger partial charge in [-0.25, -0.2) is 0 Å². The van der Waals surface area contributed by atoms with Crippen LogP contribution in [-0.4, -0.2) is 24.0 Å². The van der Waals surface area contributed by atoms with Gasteiger partial charge in [-0.1, -0.05) is 0 Å². The van der Waals surface area contributed by atoms with Gasteiger partial charge in [0.25, 0.3) is 0 Å². The van der Waals surface area contributed by atoms with E-state index in [0.717, 1.165) is 15.3 Å². The van der Waals surface area contributed by atoms with Crippen molar-refractivity contribution >= 4 is 23.2 Å².